The molecule has 0 aromatic heterocycles. The van der Waals surface area contributed by atoms with Gasteiger partial charge in [0.25, 0.3) is 5.91 Å². The minimum absolute atomic E-state index is 0.00477. The summed E-state index contributed by atoms with van der Waals surface area (Å²) in [6.07, 6.45) is 4.83. The van der Waals surface area contributed by atoms with Crippen LogP contribution in [0.5, 0.6) is 11.5 Å². The molecule has 4 rings (SSSR count). The summed E-state index contributed by atoms with van der Waals surface area (Å²) in [6.45, 7) is 4.14. The molecule has 1 atom stereocenters. The number of hydrogen-bond donors (Lipinski definition) is 2. The molecule has 2 aromatic rings. The van der Waals surface area contributed by atoms with Crippen LogP contribution in [-0.2, 0) is 17.8 Å². The SMILES string of the molecule is CC.COc1cccc2c1OC(C(=O)NC1CCCC1)C2.OCc1ccccc1. The number of methoxy groups -OCH3 is 1. The highest BCUT2D eigenvalue weighted by Gasteiger charge is 2.32. The fourth-order valence-electron chi connectivity index (χ4n) is 3.49. The topological polar surface area (TPSA) is 67.8 Å². The summed E-state index contributed by atoms with van der Waals surface area (Å²) in [7, 11) is 1.62. The molecule has 158 valence electrons. The Morgan fingerprint density at radius 1 is 1.10 bits per heavy atom. The highest BCUT2D eigenvalue weighted by atomic mass is 16.5. The van der Waals surface area contributed by atoms with E-state index in [1.807, 2.05) is 62.4 Å². The predicted molar refractivity (Wildman–Crippen MR) is 115 cm³/mol. The van der Waals surface area contributed by atoms with E-state index in [1.54, 1.807) is 7.11 Å². The van der Waals surface area contributed by atoms with Gasteiger partial charge in [0.15, 0.2) is 17.6 Å². The average molecular weight is 400 g/mol. The highest BCUT2D eigenvalue weighted by Crippen LogP contribution is 2.37. The minimum Gasteiger partial charge on any atom is -0.493 e. The zero-order valence-electron chi connectivity index (χ0n) is 17.7. The number of rotatable bonds is 4. The van der Waals surface area contributed by atoms with Gasteiger partial charge in [-0.3, -0.25) is 4.79 Å². The number of ether oxygens (including phenoxy) is 2. The Morgan fingerprint density at radius 2 is 1.79 bits per heavy atom. The van der Waals surface area contributed by atoms with Gasteiger partial charge in [-0.05, 0) is 24.5 Å². The van der Waals surface area contributed by atoms with E-state index in [0.717, 1.165) is 29.7 Å². The van der Waals surface area contributed by atoms with E-state index in [2.05, 4.69) is 5.32 Å². The number of aliphatic hydroxyl groups is 1. The van der Waals surface area contributed by atoms with Crippen molar-refractivity contribution >= 4 is 5.91 Å². The molecule has 5 heteroatoms. The number of para-hydroxylation sites is 1. The molecule has 0 radical (unpaired) electrons. The highest BCUT2D eigenvalue weighted by molar-refractivity contribution is 5.83. The summed E-state index contributed by atoms with van der Waals surface area (Å²) in [5, 5.41) is 11.6. The number of carbonyl (C=O) groups excluding carboxylic acids is 1. The maximum absolute atomic E-state index is 12.2. The van der Waals surface area contributed by atoms with Gasteiger partial charge in [-0.2, -0.15) is 0 Å². The van der Waals surface area contributed by atoms with Crippen LogP contribution in [0.1, 0.15) is 50.7 Å². The number of aliphatic hydroxyl groups excluding tert-OH is 1. The fourth-order valence-corrected chi connectivity index (χ4v) is 3.49. The van der Waals surface area contributed by atoms with Crippen molar-refractivity contribution in [3.8, 4) is 11.5 Å². The molecule has 2 N–H and O–H groups in total. The number of fused-ring (bicyclic) bond motifs is 1. The number of benzene rings is 2. The van der Waals surface area contributed by atoms with E-state index < -0.39 is 6.10 Å². The minimum atomic E-state index is -0.410. The van der Waals surface area contributed by atoms with E-state index in [-0.39, 0.29) is 12.5 Å². The van der Waals surface area contributed by atoms with Gasteiger partial charge in [-0.1, -0.05) is 69.2 Å². The molecule has 29 heavy (non-hydrogen) atoms. The van der Waals surface area contributed by atoms with E-state index in [0.29, 0.717) is 18.2 Å². The molecular weight excluding hydrogens is 366 g/mol. The Morgan fingerprint density at radius 3 is 2.38 bits per heavy atom. The molecule has 5 nitrogen and oxygen atoms in total. The van der Waals surface area contributed by atoms with Crippen LogP contribution in [0.25, 0.3) is 0 Å². The second-order valence-electron chi connectivity index (χ2n) is 6.89. The summed E-state index contributed by atoms with van der Waals surface area (Å²) in [4.78, 5) is 12.2. The number of carbonyl (C=O) groups is 1. The molecule has 1 heterocycles. The van der Waals surface area contributed by atoms with Gasteiger partial charge in [0.05, 0.1) is 13.7 Å². The molecule has 0 saturated heterocycles. The Hall–Kier alpha value is -2.53. The Bertz CT molecular complexity index is 742. The van der Waals surface area contributed by atoms with Gasteiger partial charge in [0, 0.05) is 18.0 Å². The molecule has 0 spiro atoms. The molecule has 2 aromatic carbocycles. The van der Waals surface area contributed by atoms with Crippen LogP contribution in [0.3, 0.4) is 0 Å². The maximum atomic E-state index is 12.2. The van der Waals surface area contributed by atoms with E-state index in [1.165, 1.54) is 12.8 Å². The van der Waals surface area contributed by atoms with Crippen LogP contribution in [0.15, 0.2) is 48.5 Å². The normalized spacial score (nSPS) is 17.0. The lowest BCUT2D eigenvalue weighted by atomic mass is 10.1. The largest absolute Gasteiger partial charge is 0.493 e. The van der Waals surface area contributed by atoms with Gasteiger partial charge in [0.2, 0.25) is 0 Å². The van der Waals surface area contributed by atoms with Crippen molar-refractivity contribution < 1.29 is 19.4 Å². The molecule has 1 saturated carbocycles. The molecular formula is C24H33NO4. The smallest absolute Gasteiger partial charge is 0.261 e. The molecule has 2 aliphatic rings. The van der Waals surface area contributed by atoms with Gasteiger partial charge in [0.1, 0.15) is 0 Å². The third kappa shape index (κ3) is 6.50. The van der Waals surface area contributed by atoms with Crippen LogP contribution in [-0.4, -0.2) is 30.3 Å². The lowest BCUT2D eigenvalue weighted by molar-refractivity contribution is -0.127. The monoisotopic (exact) mass is 399 g/mol. The van der Waals surface area contributed by atoms with Crippen molar-refractivity contribution in [2.75, 3.05) is 7.11 Å². The predicted octanol–water partition coefficient (Wildman–Crippen LogP) is 4.26. The van der Waals surface area contributed by atoms with E-state index >= 15 is 0 Å². The van der Waals surface area contributed by atoms with Crippen molar-refractivity contribution in [1.29, 1.82) is 0 Å². The Balaban J connectivity index is 0.000000252. The first kappa shape index (κ1) is 22.8. The summed E-state index contributed by atoms with van der Waals surface area (Å²) >= 11 is 0. The summed E-state index contributed by atoms with van der Waals surface area (Å²) in [6, 6.07) is 15.6. The molecule has 1 aliphatic carbocycles. The van der Waals surface area contributed by atoms with Crippen molar-refractivity contribution in [2.45, 2.75) is 64.7 Å². The molecule has 1 unspecified atom stereocenters. The number of hydrogen-bond acceptors (Lipinski definition) is 4. The third-order valence-electron chi connectivity index (χ3n) is 4.97. The van der Waals surface area contributed by atoms with Crippen molar-refractivity contribution in [1.82, 2.24) is 5.32 Å². The first-order chi connectivity index (χ1) is 14.2. The molecule has 1 aliphatic heterocycles. The first-order valence-corrected chi connectivity index (χ1v) is 10.5. The summed E-state index contributed by atoms with van der Waals surface area (Å²) in [5.41, 5.74) is 2.01. The average Bonchev–Trinajstić information content (AvgIpc) is 3.45. The number of amides is 1. The van der Waals surface area contributed by atoms with Crippen LogP contribution in [0, 0.1) is 0 Å². The fraction of sp³-hybridized carbons (Fsp3) is 0.458. The maximum Gasteiger partial charge on any atom is 0.261 e. The second kappa shape index (κ2) is 12.1. The van der Waals surface area contributed by atoms with Crippen molar-refractivity contribution in [2.24, 2.45) is 0 Å². The zero-order valence-corrected chi connectivity index (χ0v) is 17.7. The zero-order chi connectivity index (χ0) is 21.1. The lowest BCUT2D eigenvalue weighted by Gasteiger charge is -2.16. The van der Waals surface area contributed by atoms with Crippen LogP contribution in [0.2, 0.25) is 0 Å². The van der Waals surface area contributed by atoms with Gasteiger partial charge >= 0.3 is 0 Å². The standard InChI is InChI=1S/C15H19NO3.C7H8O.C2H6/c1-18-12-8-4-5-10-9-13(19-14(10)12)15(17)16-11-6-2-3-7-11;8-6-7-4-2-1-3-5-7;1-2/h4-5,8,11,13H,2-3,6-7,9H2,1H3,(H,16,17);1-5,8H,6H2;1-2H3. The molecule has 1 amide bonds. The first-order valence-electron chi connectivity index (χ1n) is 10.5. The Kier molecular flexibility index (Phi) is 9.51. The van der Waals surface area contributed by atoms with Crippen molar-refractivity contribution in [3.63, 3.8) is 0 Å². The summed E-state index contributed by atoms with van der Waals surface area (Å²) < 4.78 is 11.0. The summed E-state index contributed by atoms with van der Waals surface area (Å²) in [5.74, 6) is 1.43. The quantitative estimate of drug-likeness (QED) is 0.806. The lowest BCUT2D eigenvalue weighted by Crippen LogP contribution is -2.42. The van der Waals surface area contributed by atoms with Gasteiger partial charge < -0.3 is 19.9 Å². The number of nitrogens with one attached hydrogen (secondary N) is 1. The van der Waals surface area contributed by atoms with Gasteiger partial charge in [-0.15, -0.1) is 0 Å². The molecule has 1 fully saturated rings. The van der Waals surface area contributed by atoms with E-state index in [4.69, 9.17) is 14.6 Å². The van der Waals surface area contributed by atoms with Crippen LogP contribution < -0.4 is 14.8 Å². The Labute approximate surface area is 174 Å². The van der Waals surface area contributed by atoms with Crippen molar-refractivity contribution in [3.05, 3.63) is 59.7 Å². The van der Waals surface area contributed by atoms with Crippen LogP contribution in [0.4, 0.5) is 0 Å². The molecule has 0 bridgehead atoms. The van der Waals surface area contributed by atoms with Gasteiger partial charge in [-0.25, -0.2) is 0 Å². The van der Waals surface area contributed by atoms with E-state index in [9.17, 15) is 4.79 Å². The third-order valence-corrected chi connectivity index (χ3v) is 4.97. The second-order valence-corrected chi connectivity index (χ2v) is 6.89. The van der Waals surface area contributed by atoms with Crippen LogP contribution >= 0.6 is 0 Å².